The number of hydrazone groups is 1. The van der Waals surface area contributed by atoms with Crippen LogP contribution in [0.2, 0.25) is 0 Å². The zero-order chi connectivity index (χ0) is 15.9. The fraction of sp³-hybridized carbons (Fsp3) is 0.143. The van der Waals surface area contributed by atoms with E-state index in [1.54, 1.807) is 17.6 Å². The molecule has 0 fully saturated rings. The Balaban J connectivity index is 1.77. The molecule has 1 aromatic heterocycles. The molecule has 0 aliphatic rings. The molecular formula is C14H13N3O4S. The van der Waals surface area contributed by atoms with E-state index in [1.165, 1.54) is 24.3 Å². The molecule has 2 aromatic rings. The third-order valence-electron chi connectivity index (χ3n) is 2.56. The van der Waals surface area contributed by atoms with E-state index < -0.39 is 10.8 Å². The average molecular weight is 319 g/mol. The number of ether oxygens (including phenoxy) is 1. The van der Waals surface area contributed by atoms with Crippen LogP contribution < -0.4 is 10.2 Å². The zero-order valence-electron chi connectivity index (χ0n) is 11.7. The average Bonchev–Trinajstić information content (AvgIpc) is 2.91. The van der Waals surface area contributed by atoms with Crippen molar-refractivity contribution >= 4 is 29.1 Å². The van der Waals surface area contributed by atoms with E-state index in [1.807, 2.05) is 19.1 Å². The minimum atomic E-state index is -0.502. The number of nitrogens with one attached hydrogen (secondary N) is 1. The summed E-state index contributed by atoms with van der Waals surface area (Å²) in [6.07, 6.45) is 1.56. The SMILES string of the molecule is Cc1ccc(/C=N/NC(=O)COc2ccc([N+](=O)[O-])cc2)s1. The minimum absolute atomic E-state index is 0.0346. The van der Waals surface area contributed by atoms with Gasteiger partial charge in [0.25, 0.3) is 11.6 Å². The third kappa shape index (κ3) is 4.67. The molecule has 8 heteroatoms. The molecule has 22 heavy (non-hydrogen) atoms. The lowest BCUT2D eigenvalue weighted by Gasteiger charge is -2.04. The largest absolute Gasteiger partial charge is 0.484 e. The molecule has 0 saturated carbocycles. The van der Waals surface area contributed by atoms with Crippen molar-refractivity contribution in [2.45, 2.75) is 6.92 Å². The maximum Gasteiger partial charge on any atom is 0.277 e. The first-order valence-electron chi connectivity index (χ1n) is 6.30. The first kappa shape index (κ1) is 15.6. The fourth-order valence-corrected chi connectivity index (χ4v) is 2.29. The molecule has 114 valence electrons. The summed E-state index contributed by atoms with van der Waals surface area (Å²) >= 11 is 1.57. The van der Waals surface area contributed by atoms with Gasteiger partial charge in [-0.15, -0.1) is 11.3 Å². The summed E-state index contributed by atoms with van der Waals surface area (Å²) in [5.74, 6) is -0.0403. The van der Waals surface area contributed by atoms with Crippen LogP contribution in [-0.4, -0.2) is 23.7 Å². The summed E-state index contributed by atoms with van der Waals surface area (Å²) in [7, 11) is 0. The van der Waals surface area contributed by atoms with Gasteiger partial charge in [0, 0.05) is 21.9 Å². The van der Waals surface area contributed by atoms with Crippen LogP contribution in [0.3, 0.4) is 0 Å². The van der Waals surface area contributed by atoms with Crippen molar-refractivity contribution in [3.63, 3.8) is 0 Å². The van der Waals surface area contributed by atoms with Crippen LogP contribution in [0.15, 0.2) is 41.5 Å². The van der Waals surface area contributed by atoms with Gasteiger partial charge in [0.1, 0.15) is 5.75 Å². The van der Waals surface area contributed by atoms with Crippen LogP contribution in [0.5, 0.6) is 5.75 Å². The lowest BCUT2D eigenvalue weighted by molar-refractivity contribution is -0.384. The molecule has 1 aromatic carbocycles. The molecular weight excluding hydrogens is 306 g/mol. The number of rotatable bonds is 6. The van der Waals surface area contributed by atoms with Gasteiger partial charge in [-0.2, -0.15) is 5.10 Å². The topological polar surface area (TPSA) is 93.8 Å². The smallest absolute Gasteiger partial charge is 0.277 e. The Labute approximate surface area is 130 Å². The Morgan fingerprint density at radius 2 is 2.09 bits per heavy atom. The van der Waals surface area contributed by atoms with Gasteiger partial charge in [0.2, 0.25) is 0 Å². The first-order valence-corrected chi connectivity index (χ1v) is 7.12. The normalized spacial score (nSPS) is 10.6. The Kier molecular flexibility index (Phi) is 5.21. The number of nitro groups is 1. The zero-order valence-corrected chi connectivity index (χ0v) is 12.5. The molecule has 0 atom stereocenters. The molecule has 0 bridgehead atoms. The predicted molar refractivity (Wildman–Crippen MR) is 83.4 cm³/mol. The van der Waals surface area contributed by atoms with Crippen molar-refractivity contribution in [3.05, 3.63) is 56.3 Å². The summed E-state index contributed by atoms with van der Waals surface area (Å²) in [6.45, 7) is 1.76. The molecule has 0 unspecified atom stereocenters. The number of hydrogen-bond acceptors (Lipinski definition) is 6. The summed E-state index contributed by atoms with van der Waals surface area (Å²) in [5, 5.41) is 14.3. The highest BCUT2D eigenvalue weighted by Crippen LogP contribution is 2.17. The second kappa shape index (κ2) is 7.32. The lowest BCUT2D eigenvalue weighted by Crippen LogP contribution is -2.24. The molecule has 1 heterocycles. The number of thiophene rings is 1. The van der Waals surface area contributed by atoms with E-state index in [0.717, 1.165) is 9.75 Å². The number of non-ortho nitro benzene ring substituents is 1. The van der Waals surface area contributed by atoms with Crippen molar-refractivity contribution in [1.82, 2.24) is 5.43 Å². The molecule has 0 aliphatic carbocycles. The second-order valence-corrected chi connectivity index (χ2v) is 5.60. The Hall–Kier alpha value is -2.74. The van der Waals surface area contributed by atoms with Gasteiger partial charge in [0.15, 0.2) is 6.61 Å². The molecule has 0 radical (unpaired) electrons. The van der Waals surface area contributed by atoms with Gasteiger partial charge >= 0.3 is 0 Å². The number of benzene rings is 1. The summed E-state index contributed by atoms with van der Waals surface area (Å²) in [4.78, 5) is 23.6. The highest BCUT2D eigenvalue weighted by Gasteiger charge is 2.06. The number of nitro benzene ring substituents is 1. The van der Waals surface area contributed by atoms with Gasteiger partial charge < -0.3 is 4.74 Å². The summed E-state index contributed by atoms with van der Waals surface area (Å²) in [6, 6.07) is 9.36. The van der Waals surface area contributed by atoms with Crippen LogP contribution in [0.1, 0.15) is 9.75 Å². The highest BCUT2D eigenvalue weighted by atomic mass is 32.1. The van der Waals surface area contributed by atoms with Crippen molar-refractivity contribution in [3.8, 4) is 5.75 Å². The van der Waals surface area contributed by atoms with Gasteiger partial charge in [-0.3, -0.25) is 14.9 Å². The molecule has 7 nitrogen and oxygen atoms in total. The maximum atomic E-state index is 11.5. The number of amides is 1. The summed E-state index contributed by atoms with van der Waals surface area (Å²) in [5.41, 5.74) is 2.31. The number of carbonyl (C=O) groups excluding carboxylic acids is 1. The van der Waals surface area contributed by atoms with Crippen molar-refractivity contribution in [1.29, 1.82) is 0 Å². The van der Waals surface area contributed by atoms with Crippen LogP contribution in [-0.2, 0) is 4.79 Å². The van der Waals surface area contributed by atoms with Crippen molar-refractivity contribution in [2.75, 3.05) is 6.61 Å². The quantitative estimate of drug-likeness (QED) is 0.503. The van der Waals surface area contributed by atoms with Crippen LogP contribution in [0.4, 0.5) is 5.69 Å². The van der Waals surface area contributed by atoms with Crippen molar-refractivity contribution < 1.29 is 14.5 Å². The van der Waals surface area contributed by atoms with E-state index >= 15 is 0 Å². The van der Waals surface area contributed by atoms with Gasteiger partial charge in [-0.1, -0.05) is 0 Å². The predicted octanol–water partition coefficient (Wildman–Crippen LogP) is 2.49. The number of hydrogen-bond donors (Lipinski definition) is 1. The first-order chi connectivity index (χ1) is 10.5. The molecule has 1 amide bonds. The second-order valence-electron chi connectivity index (χ2n) is 4.28. The van der Waals surface area contributed by atoms with Gasteiger partial charge in [-0.25, -0.2) is 5.43 Å². The molecule has 0 spiro atoms. The van der Waals surface area contributed by atoms with Crippen LogP contribution in [0, 0.1) is 17.0 Å². The monoisotopic (exact) mass is 319 g/mol. The summed E-state index contributed by atoms with van der Waals surface area (Å²) < 4.78 is 5.20. The van der Waals surface area contributed by atoms with Crippen molar-refractivity contribution in [2.24, 2.45) is 5.10 Å². The van der Waals surface area contributed by atoms with E-state index in [2.05, 4.69) is 10.5 Å². The van der Waals surface area contributed by atoms with E-state index in [-0.39, 0.29) is 12.3 Å². The molecule has 1 N–H and O–H groups in total. The Morgan fingerprint density at radius 1 is 1.36 bits per heavy atom. The van der Waals surface area contributed by atoms with Gasteiger partial charge in [-0.05, 0) is 31.2 Å². The highest BCUT2D eigenvalue weighted by molar-refractivity contribution is 7.13. The third-order valence-corrected chi connectivity index (χ3v) is 3.49. The van der Waals surface area contributed by atoms with E-state index in [9.17, 15) is 14.9 Å². The van der Waals surface area contributed by atoms with E-state index in [4.69, 9.17) is 4.74 Å². The Bertz CT molecular complexity index is 694. The van der Waals surface area contributed by atoms with Crippen LogP contribution >= 0.6 is 11.3 Å². The standard InChI is InChI=1S/C14H13N3O4S/c1-10-2-7-13(22-10)8-15-16-14(18)9-21-12-5-3-11(4-6-12)17(19)20/h2-8H,9H2,1H3,(H,16,18)/b15-8+. The van der Waals surface area contributed by atoms with E-state index in [0.29, 0.717) is 5.75 Å². The Morgan fingerprint density at radius 3 is 2.68 bits per heavy atom. The van der Waals surface area contributed by atoms with Gasteiger partial charge in [0.05, 0.1) is 11.1 Å². The number of aryl methyl sites for hydroxylation is 1. The number of nitrogens with zero attached hydrogens (tertiary/aromatic N) is 2. The van der Waals surface area contributed by atoms with Crippen LogP contribution in [0.25, 0.3) is 0 Å². The minimum Gasteiger partial charge on any atom is -0.484 e. The molecule has 2 rings (SSSR count). The maximum absolute atomic E-state index is 11.5. The fourth-order valence-electron chi connectivity index (χ4n) is 1.54. The number of carbonyl (C=O) groups is 1. The molecule has 0 saturated heterocycles. The molecule has 0 aliphatic heterocycles. The lowest BCUT2D eigenvalue weighted by atomic mass is 10.3.